The Labute approximate surface area is 155 Å². The average Bonchev–Trinajstić information content (AvgIpc) is 3.07. The van der Waals surface area contributed by atoms with Crippen LogP contribution in [0.5, 0.6) is 0 Å². The largest absolute Gasteiger partial charge is 0.339 e. The van der Waals surface area contributed by atoms with Gasteiger partial charge in [0.05, 0.1) is 12.1 Å². The van der Waals surface area contributed by atoms with Crippen molar-refractivity contribution in [1.82, 2.24) is 9.80 Å². The molecule has 26 heavy (non-hydrogen) atoms. The van der Waals surface area contributed by atoms with Crippen LogP contribution in [0.3, 0.4) is 0 Å². The maximum Gasteiger partial charge on any atom is 0.242 e. The highest BCUT2D eigenvalue weighted by molar-refractivity contribution is 5.93. The van der Waals surface area contributed by atoms with Gasteiger partial charge in [-0.05, 0) is 43.9 Å². The minimum atomic E-state index is -0.651. The van der Waals surface area contributed by atoms with E-state index in [1.165, 1.54) is 0 Å². The van der Waals surface area contributed by atoms with Gasteiger partial charge in [-0.3, -0.25) is 14.5 Å². The Morgan fingerprint density at radius 1 is 1.12 bits per heavy atom. The molecule has 6 nitrogen and oxygen atoms in total. The highest BCUT2D eigenvalue weighted by Crippen LogP contribution is 2.29. The molecule has 0 radical (unpaired) electrons. The van der Waals surface area contributed by atoms with Crippen molar-refractivity contribution in [2.75, 3.05) is 38.0 Å². The van der Waals surface area contributed by atoms with E-state index in [-0.39, 0.29) is 11.8 Å². The van der Waals surface area contributed by atoms with E-state index in [0.29, 0.717) is 32.7 Å². The van der Waals surface area contributed by atoms with Crippen LogP contribution in [0, 0.1) is 13.8 Å². The van der Waals surface area contributed by atoms with Crippen molar-refractivity contribution >= 4 is 17.5 Å². The van der Waals surface area contributed by atoms with Gasteiger partial charge in [0.25, 0.3) is 0 Å². The normalized spacial score (nSPS) is 20.2. The first-order valence-corrected chi connectivity index (χ1v) is 9.56. The molecule has 1 aromatic carbocycles. The molecule has 1 aliphatic heterocycles. The van der Waals surface area contributed by atoms with E-state index >= 15 is 0 Å². The monoisotopic (exact) mass is 358 g/mol. The maximum absolute atomic E-state index is 12.7. The van der Waals surface area contributed by atoms with Gasteiger partial charge < -0.3 is 16.0 Å². The van der Waals surface area contributed by atoms with Gasteiger partial charge in [0.15, 0.2) is 0 Å². The van der Waals surface area contributed by atoms with Gasteiger partial charge in [0, 0.05) is 31.9 Å². The summed E-state index contributed by atoms with van der Waals surface area (Å²) >= 11 is 0. The number of benzene rings is 1. The predicted molar refractivity (Wildman–Crippen MR) is 103 cm³/mol. The zero-order valence-corrected chi connectivity index (χ0v) is 15.9. The number of rotatable bonds is 4. The number of nitrogens with two attached hydrogens (primary N) is 1. The van der Waals surface area contributed by atoms with Crippen molar-refractivity contribution in [3.05, 3.63) is 29.3 Å². The van der Waals surface area contributed by atoms with Crippen molar-refractivity contribution in [2.45, 2.75) is 45.1 Å². The summed E-state index contributed by atoms with van der Waals surface area (Å²) in [6.45, 7) is 7.12. The summed E-state index contributed by atoms with van der Waals surface area (Å²) in [5.41, 5.74) is 8.77. The Kier molecular flexibility index (Phi) is 5.63. The lowest BCUT2D eigenvalue weighted by molar-refractivity contribution is -0.138. The third-order valence-electron chi connectivity index (χ3n) is 5.83. The molecule has 0 atom stereocenters. The first-order valence-electron chi connectivity index (χ1n) is 9.56. The van der Waals surface area contributed by atoms with Crippen LogP contribution in [0.4, 0.5) is 5.69 Å². The number of hydrogen-bond donors (Lipinski definition) is 2. The number of carbonyl (C=O) groups excluding carboxylic acids is 2. The average molecular weight is 358 g/mol. The lowest BCUT2D eigenvalue weighted by Crippen LogP contribution is -2.58. The van der Waals surface area contributed by atoms with E-state index < -0.39 is 5.54 Å². The Morgan fingerprint density at radius 2 is 1.77 bits per heavy atom. The number of nitrogens with zero attached hydrogens (tertiary/aromatic N) is 2. The van der Waals surface area contributed by atoms with Crippen molar-refractivity contribution in [2.24, 2.45) is 5.73 Å². The summed E-state index contributed by atoms with van der Waals surface area (Å²) in [4.78, 5) is 29.0. The number of aryl methyl sites for hydroxylation is 1. The second-order valence-corrected chi connectivity index (χ2v) is 7.73. The SMILES string of the molecule is Cc1cccc(NC(=O)CN2CCN(C(=O)C3(N)CCCC3)CC2)c1C. The third kappa shape index (κ3) is 4.07. The molecule has 6 heteroatoms. The van der Waals surface area contributed by atoms with Crippen LogP contribution in [0.25, 0.3) is 0 Å². The molecule has 0 aromatic heterocycles. The molecule has 0 spiro atoms. The molecule has 3 rings (SSSR count). The van der Waals surface area contributed by atoms with Crippen molar-refractivity contribution in [3.8, 4) is 0 Å². The minimum Gasteiger partial charge on any atom is -0.339 e. The van der Waals surface area contributed by atoms with Crippen LogP contribution in [-0.2, 0) is 9.59 Å². The smallest absolute Gasteiger partial charge is 0.242 e. The van der Waals surface area contributed by atoms with Crippen LogP contribution in [0.1, 0.15) is 36.8 Å². The van der Waals surface area contributed by atoms with Gasteiger partial charge in [-0.1, -0.05) is 25.0 Å². The standard InChI is InChI=1S/C20H30N4O2/c1-15-6-5-7-17(16(15)2)22-18(25)14-23-10-12-24(13-11-23)19(26)20(21)8-3-4-9-20/h5-7H,3-4,8-14,21H2,1-2H3,(H,22,25). The summed E-state index contributed by atoms with van der Waals surface area (Å²) in [6.07, 6.45) is 3.68. The first-order chi connectivity index (χ1) is 12.4. The minimum absolute atomic E-state index is 0.00966. The molecule has 0 unspecified atom stereocenters. The molecule has 1 aliphatic carbocycles. The Hall–Kier alpha value is -1.92. The molecule has 142 valence electrons. The summed E-state index contributed by atoms with van der Waals surface area (Å²) in [5.74, 6) is 0.0825. The molecule has 2 fully saturated rings. The van der Waals surface area contributed by atoms with E-state index in [4.69, 9.17) is 5.73 Å². The predicted octanol–water partition coefficient (Wildman–Crippen LogP) is 1.66. The molecule has 1 aromatic rings. The van der Waals surface area contributed by atoms with E-state index in [9.17, 15) is 9.59 Å². The molecule has 2 aliphatic rings. The summed E-state index contributed by atoms with van der Waals surface area (Å²) in [6, 6.07) is 5.92. The molecule has 1 saturated heterocycles. The maximum atomic E-state index is 12.7. The van der Waals surface area contributed by atoms with Crippen LogP contribution < -0.4 is 11.1 Å². The fourth-order valence-electron chi connectivity index (χ4n) is 3.92. The van der Waals surface area contributed by atoms with Gasteiger partial charge in [0.2, 0.25) is 11.8 Å². The topological polar surface area (TPSA) is 78.7 Å². The molecule has 0 bridgehead atoms. The lowest BCUT2D eigenvalue weighted by atomic mass is 9.97. The Bertz CT molecular complexity index is 674. The number of carbonyl (C=O) groups is 2. The van der Waals surface area contributed by atoms with E-state index in [1.807, 2.05) is 36.9 Å². The number of amides is 2. The second kappa shape index (κ2) is 7.76. The Morgan fingerprint density at radius 3 is 2.42 bits per heavy atom. The van der Waals surface area contributed by atoms with Gasteiger partial charge in [-0.25, -0.2) is 0 Å². The van der Waals surface area contributed by atoms with Crippen molar-refractivity contribution in [1.29, 1.82) is 0 Å². The van der Waals surface area contributed by atoms with Gasteiger partial charge in [0.1, 0.15) is 0 Å². The van der Waals surface area contributed by atoms with Crippen molar-refractivity contribution < 1.29 is 9.59 Å². The van der Waals surface area contributed by atoms with E-state index in [1.54, 1.807) is 0 Å². The molecule has 2 amide bonds. The van der Waals surface area contributed by atoms with Crippen LogP contribution >= 0.6 is 0 Å². The lowest BCUT2D eigenvalue weighted by Gasteiger charge is -2.38. The summed E-state index contributed by atoms with van der Waals surface area (Å²) in [5, 5.41) is 3.00. The quantitative estimate of drug-likeness (QED) is 0.858. The third-order valence-corrected chi connectivity index (χ3v) is 5.83. The highest BCUT2D eigenvalue weighted by Gasteiger charge is 2.40. The highest BCUT2D eigenvalue weighted by atomic mass is 16.2. The van der Waals surface area contributed by atoms with Gasteiger partial charge in [-0.15, -0.1) is 0 Å². The number of hydrogen-bond acceptors (Lipinski definition) is 4. The number of piperazine rings is 1. The van der Waals surface area contributed by atoms with Gasteiger partial charge >= 0.3 is 0 Å². The zero-order valence-electron chi connectivity index (χ0n) is 15.9. The van der Waals surface area contributed by atoms with Crippen molar-refractivity contribution in [3.63, 3.8) is 0 Å². The Balaban J connectivity index is 1.48. The molecule has 3 N–H and O–H groups in total. The number of nitrogens with one attached hydrogen (secondary N) is 1. The second-order valence-electron chi connectivity index (χ2n) is 7.73. The van der Waals surface area contributed by atoms with Crippen LogP contribution in [-0.4, -0.2) is 59.9 Å². The van der Waals surface area contributed by atoms with Crippen LogP contribution in [0.2, 0.25) is 0 Å². The molecule has 1 heterocycles. The summed E-state index contributed by atoms with van der Waals surface area (Å²) in [7, 11) is 0. The number of anilines is 1. The summed E-state index contributed by atoms with van der Waals surface area (Å²) < 4.78 is 0. The zero-order chi connectivity index (χ0) is 18.7. The fourth-order valence-corrected chi connectivity index (χ4v) is 3.92. The molecule has 1 saturated carbocycles. The molecular weight excluding hydrogens is 328 g/mol. The van der Waals surface area contributed by atoms with Gasteiger partial charge in [-0.2, -0.15) is 0 Å². The fraction of sp³-hybridized carbons (Fsp3) is 0.600. The first kappa shape index (κ1) is 18.9. The van der Waals surface area contributed by atoms with E-state index in [0.717, 1.165) is 42.5 Å². The molecular formula is C20H30N4O2. The van der Waals surface area contributed by atoms with E-state index in [2.05, 4.69) is 10.2 Å². The van der Waals surface area contributed by atoms with Crippen LogP contribution in [0.15, 0.2) is 18.2 Å².